The summed E-state index contributed by atoms with van der Waals surface area (Å²) in [6.07, 6.45) is 6.26. The van der Waals surface area contributed by atoms with Gasteiger partial charge in [-0.3, -0.25) is 14.5 Å². The van der Waals surface area contributed by atoms with Gasteiger partial charge in [0.1, 0.15) is 0 Å². The predicted octanol–water partition coefficient (Wildman–Crippen LogP) is 1.64. The first-order valence-corrected chi connectivity index (χ1v) is 9.01. The van der Waals surface area contributed by atoms with Gasteiger partial charge in [0.2, 0.25) is 5.91 Å². The second-order valence-corrected chi connectivity index (χ2v) is 7.81. The molecule has 1 fully saturated rings. The Morgan fingerprint density at radius 1 is 1.35 bits per heavy atom. The van der Waals surface area contributed by atoms with Gasteiger partial charge >= 0.3 is 0 Å². The first kappa shape index (κ1) is 22.7. The molecular weight excluding hydrogens is 443 g/mol. The Hall–Kier alpha value is -1.32. The summed E-state index contributed by atoms with van der Waals surface area (Å²) >= 11 is 0. The number of aliphatic imine (C=N–C) groups is 1. The van der Waals surface area contributed by atoms with Gasteiger partial charge in [0.25, 0.3) is 0 Å². The molecule has 0 aliphatic carbocycles. The smallest absolute Gasteiger partial charge is 0.225 e. The molecule has 0 bridgehead atoms. The van der Waals surface area contributed by atoms with Crippen LogP contribution in [0.25, 0.3) is 0 Å². The van der Waals surface area contributed by atoms with Gasteiger partial charge in [-0.2, -0.15) is 5.10 Å². The molecular formula is C18H33IN6O. The Labute approximate surface area is 174 Å². The van der Waals surface area contributed by atoms with Gasteiger partial charge in [-0.15, -0.1) is 24.0 Å². The van der Waals surface area contributed by atoms with Crippen LogP contribution in [0.5, 0.6) is 0 Å². The van der Waals surface area contributed by atoms with Crippen LogP contribution in [0.3, 0.4) is 0 Å². The molecule has 1 aliphatic rings. The van der Waals surface area contributed by atoms with Crippen molar-refractivity contribution >= 4 is 35.8 Å². The largest absolute Gasteiger partial charge is 0.354 e. The molecule has 148 valence electrons. The van der Waals surface area contributed by atoms with Gasteiger partial charge in [-0.25, -0.2) is 0 Å². The lowest BCUT2D eigenvalue weighted by molar-refractivity contribution is -0.128. The zero-order valence-corrected chi connectivity index (χ0v) is 18.9. The van der Waals surface area contributed by atoms with E-state index in [1.54, 1.807) is 0 Å². The van der Waals surface area contributed by atoms with Crippen molar-refractivity contribution in [1.29, 1.82) is 0 Å². The van der Waals surface area contributed by atoms with Gasteiger partial charge < -0.3 is 15.5 Å². The van der Waals surface area contributed by atoms with E-state index in [9.17, 15) is 4.79 Å². The number of nitrogens with one attached hydrogen (secondary N) is 2. The van der Waals surface area contributed by atoms with E-state index >= 15 is 0 Å². The number of guanidine groups is 1. The van der Waals surface area contributed by atoms with Crippen LogP contribution in [0, 0.1) is 11.3 Å². The maximum absolute atomic E-state index is 11.9. The average molecular weight is 476 g/mol. The molecule has 26 heavy (non-hydrogen) atoms. The number of carbonyl (C=O) groups is 1. The van der Waals surface area contributed by atoms with Crippen LogP contribution >= 0.6 is 24.0 Å². The Morgan fingerprint density at radius 2 is 2.04 bits per heavy atom. The maximum Gasteiger partial charge on any atom is 0.225 e. The summed E-state index contributed by atoms with van der Waals surface area (Å²) in [5.41, 5.74) is 0.943. The number of nitrogens with zero attached hydrogens (tertiary/aromatic N) is 4. The molecule has 1 saturated heterocycles. The molecule has 1 atom stereocenters. The number of aromatic nitrogens is 2. The lowest BCUT2D eigenvalue weighted by atomic mass is 9.96. The molecule has 7 nitrogen and oxygen atoms in total. The fourth-order valence-electron chi connectivity index (χ4n) is 3.05. The fourth-order valence-corrected chi connectivity index (χ4v) is 3.05. The number of amides is 1. The Balaban J connectivity index is 0.00000338. The number of carbonyl (C=O) groups excluding carboxylic acids is 1. The van der Waals surface area contributed by atoms with E-state index in [1.165, 1.54) is 5.56 Å². The maximum atomic E-state index is 11.9. The van der Waals surface area contributed by atoms with E-state index in [4.69, 9.17) is 0 Å². The van der Waals surface area contributed by atoms with Crippen molar-refractivity contribution < 1.29 is 4.79 Å². The zero-order valence-electron chi connectivity index (χ0n) is 16.6. The Morgan fingerprint density at radius 3 is 2.62 bits per heavy atom. The molecule has 2 heterocycles. The van der Waals surface area contributed by atoms with Crippen LogP contribution in [0.1, 0.15) is 32.8 Å². The molecule has 2 N–H and O–H groups in total. The molecule has 1 unspecified atom stereocenters. The van der Waals surface area contributed by atoms with E-state index in [1.807, 2.05) is 45.7 Å². The summed E-state index contributed by atoms with van der Waals surface area (Å²) < 4.78 is 1.86. The molecule has 0 spiro atoms. The second kappa shape index (κ2) is 10.1. The van der Waals surface area contributed by atoms with Gasteiger partial charge in [-0.1, -0.05) is 20.8 Å². The van der Waals surface area contributed by atoms with E-state index in [0.29, 0.717) is 19.0 Å². The predicted molar refractivity (Wildman–Crippen MR) is 116 cm³/mol. The number of aryl methyl sites for hydroxylation is 1. The zero-order chi connectivity index (χ0) is 18.4. The minimum atomic E-state index is -0.351. The Kier molecular flexibility index (Phi) is 8.85. The third-order valence-corrected chi connectivity index (χ3v) is 4.45. The molecule has 1 aromatic heterocycles. The molecule has 2 rings (SSSR count). The molecule has 0 aromatic carbocycles. The summed E-state index contributed by atoms with van der Waals surface area (Å²) in [6.45, 7) is 9.05. The van der Waals surface area contributed by atoms with Gasteiger partial charge in [0.15, 0.2) is 5.96 Å². The van der Waals surface area contributed by atoms with Gasteiger partial charge in [0, 0.05) is 51.9 Å². The molecule has 8 heteroatoms. The summed E-state index contributed by atoms with van der Waals surface area (Å²) in [5.74, 6) is 1.61. The minimum absolute atomic E-state index is 0. The van der Waals surface area contributed by atoms with Crippen LogP contribution in [0.4, 0.5) is 0 Å². The van der Waals surface area contributed by atoms with E-state index in [0.717, 1.165) is 31.9 Å². The highest BCUT2D eigenvalue weighted by atomic mass is 127. The van der Waals surface area contributed by atoms with Crippen molar-refractivity contribution in [2.24, 2.45) is 23.4 Å². The quantitative estimate of drug-likeness (QED) is 0.293. The monoisotopic (exact) mass is 476 g/mol. The number of rotatable bonds is 5. The number of hydrogen-bond donors (Lipinski definition) is 2. The third-order valence-electron chi connectivity index (χ3n) is 4.45. The van der Waals surface area contributed by atoms with E-state index in [2.05, 4.69) is 31.8 Å². The van der Waals surface area contributed by atoms with Crippen molar-refractivity contribution in [2.75, 3.05) is 33.2 Å². The van der Waals surface area contributed by atoms with Crippen LogP contribution in [-0.2, 0) is 18.3 Å². The van der Waals surface area contributed by atoms with Gasteiger partial charge in [-0.05, 0) is 24.3 Å². The summed E-state index contributed by atoms with van der Waals surface area (Å²) in [5, 5.41) is 10.5. The normalized spacial score (nSPS) is 17.8. The summed E-state index contributed by atoms with van der Waals surface area (Å²) in [7, 11) is 3.76. The topological polar surface area (TPSA) is 74.6 Å². The van der Waals surface area contributed by atoms with Crippen LogP contribution < -0.4 is 10.6 Å². The number of halogens is 1. The first-order valence-electron chi connectivity index (χ1n) is 9.01. The first-order chi connectivity index (χ1) is 11.8. The van der Waals surface area contributed by atoms with Gasteiger partial charge in [0.05, 0.1) is 6.20 Å². The molecule has 1 aliphatic heterocycles. The van der Waals surface area contributed by atoms with Crippen molar-refractivity contribution in [2.45, 2.75) is 33.6 Å². The highest BCUT2D eigenvalue weighted by Crippen LogP contribution is 2.20. The van der Waals surface area contributed by atoms with Crippen molar-refractivity contribution in [3.8, 4) is 0 Å². The SMILES string of the molecule is CN=C(NCCNC(=O)C(C)(C)C)N1CCC(Cc2cnn(C)c2)C1.I. The van der Waals surface area contributed by atoms with Crippen LogP contribution in [0.2, 0.25) is 0 Å². The van der Waals surface area contributed by atoms with Crippen molar-refractivity contribution in [3.05, 3.63) is 18.0 Å². The lowest BCUT2D eigenvalue weighted by Gasteiger charge is -2.22. The molecule has 0 saturated carbocycles. The lowest BCUT2D eigenvalue weighted by Crippen LogP contribution is -2.44. The Bertz CT molecular complexity index is 607. The molecule has 1 aromatic rings. The van der Waals surface area contributed by atoms with Crippen LogP contribution in [-0.4, -0.2) is 59.8 Å². The highest BCUT2D eigenvalue weighted by Gasteiger charge is 2.25. The third kappa shape index (κ3) is 6.77. The average Bonchev–Trinajstić information content (AvgIpc) is 3.16. The van der Waals surface area contributed by atoms with Crippen molar-refractivity contribution in [3.63, 3.8) is 0 Å². The summed E-state index contributed by atoms with van der Waals surface area (Å²) in [6, 6.07) is 0. The van der Waals surface area contributed by atoms with Crippen LogP contribution in [0.15, 0.2) is 17.4 Å². The van der Waals surface area contributed by atoms with E-state index < -0.39 is 0 Å². The van der Waals surface area contributed by atoms with E-state index in [-0.39, 0.29) is 35.3 Å². The fraction of sp³-hybridized carbons (Fsp3) is 0.722. The summed E-state index contributed by atoms with van der Waals surface area (Å²) in [4.78, 5) is 18.5. The number of hydrogen-bond acceptors (Lipinski definition) is 3. The minimum Gasteiger partial charge on any atom is -0.354 e. The molecule has 1 amide bonds. The number of likely N-dealkylation sites (tertiary alicyclic amines) is 1. The highest BCUT2D eigenvalue weighted by molar-refractivity contribution is 14.0. The second-order valence-electron chi connectivity index (χ2n) is 7.81. The molecule has 0 radical (unpaired) electrons. The standard InChI is InChI=1S/C18H32N6O.HI/c1-18(2,3)16(25)20-7-8-21-17(19-4)24-9-6-14(13-24)10-15-11-22-23(5)12-15;/h11-12,14H,6-10,13H2,1-5H3,(H,19,21)(H,20,25);1H. The van der Waals surface area contributed by atoms with Crippen molar-refractivity contribution in [1.82, 2.24) is 25.3 Å².